The first-order valence-corrected chi connectivity index (χ1v) is 8.18. The molecule has 0 unspecified atom stereocenters. The molecule has 0 bridgehead atoms. The molecule has 2 rings (SSSR count). The summed E-state index contributed by atoms with van der Waals surface area (Å²) in [5, 5.41) is 2.86. The van der Waals surface area contributed by atoms with Crippen LogP contribution in [0.25, 0.3) is 0 Å². The predicted molar refractivity (Wildman–Crippen MR) is 90.5 cm³/mol. The number of carbonyl (C=O) groups is 2. The summed E-state index contributed by atoms with van der Waals surface area (Å²) in [7, 11) is 0. The van der Waals surface area contributed by atoms with Gasteiger partial charge in [0.15, 0.2) is 6.61 Å². The number of hydrogen-bond donors (Lipinski definition) is 1. The lowest BCUT2D eigenvalue weighted by molar-refractivity contribution is -0.134. The molecule has 1 aliphatic rings. The maximum absolute atomic E-state index is 12.0. The van der Waals surface area contributed by atoms with Crippen molar-refractivity contribution in [2.75, 3.05) is 25.0 Å². The highest BCUT2D eigenvalue weighted by Crippen LogP contribution is 2.20. The van der Waals surface area contributed by atoms with Gasteiger partial charge in [-0.05, 0) is 43.5 Å². The van der Waals surface area contributed by atoms with Crippen molar-refractivity contribution < 1.29 is 14.3 Å². The molecule has 1 aliphatic heterocycles. The largest absolute Gasteiger partial charge is 0.484 e. The summed E-state index contributed by atoms with van der Waals surface area (Å²) < 4.78 is 5.54. The molecule has 1 N–H and O–H groups in total. The molecule has 1 saturated heterocycles. The van der Waals surface area contributed by atoms with E-state index in [-0.39, 0.29) is 18.4 Å². The minimum atomic E-state index is -0.434. The number of rotatable bonds is 4. The van der Waals surface area contributed by atoms with Crippen LogP contribution >= 0.6 is 0 Å². The molecule has 126 valence electrons. The van der Waals surface area contributed by atoms with Gasteiger partial charge in [0.05, 0.1) is 0 Å². The van der Waals surface area contributed by atoms with Gasteiger partial charge in [0.1, 0.15) is 5.75 Å². The summed E-state index contributed by atoms with van der Waals surface area (Å²) in [5.74, 6) is 0.630. The van der Waals surface area contributed by atoms with Gasteiger partial charge in [-0.1, -0.05) is 20.8 Å². The molecule has 0 atom stereocenters. The summed E-state index contributed by atoms with van der Waals surface area (Å²) in [5.41, 5.74) is 0.287. The number of carbonyl (C=O) groups excluding carboxylic acids is 2. The molecule has 23 heavy (non-hydrogen) atoms. The van der Waals surface area contributed by atoms with Crippen LogP contribution in [-0.2, 0) is 9.59 Å². The molecule has 1 aromatic rings. The van der Waals surface area contributed by atoms with Gasteiger partial charge in [0, 0.05) is 24.2 Å². The Balaban J connectivity index is 1.83. The van der Waals surface area contributed by atoms with Crippen molar-refractivity contribution in [1.29, 1.82) is 0 Å². The van der Waals surface area contributed by atoms with Crippen molar-refractivity contribution in [3.8, 4) is 5.75 Å². The van der Waals surface area contributed by atoms with Crippen molar-refractivity contribution in [3.63, 3.8) is 0 Å². The number of nitrogens with one attached hydrogen (secondary N) is 1. The first kappa shape index (κ1) is 17.3. The lowest BCUT2D eigenvalue weighted by atomic mass is 9.95. The van der Waals surface area contributed by atoms with Crippen LogP contribution in [0.4, 0.5) is 5.69 Å². The normalized spacial score (nSPS) is 15.2. The Kier molecular flexibility index (Phi) is 5.64. The second kappa shape index (κ2) is 7.49. The van der Waals surface area contributed by atoms with Crippen LogP contribution in [0, 0.1) is 5.41 Å². The van der Waals surface area contributed by atoms with E-state index in [4.69, 9.17) is 4.74 Å². The second-order valence-electron chi connectivity index (χ2n) is 6.96. The SMILES string of the molecule is CC(C)(C)C(=O)Nc1ccc(OCC(=O)N2CCCCC2)cc1. The third kappa shape index (κ3) is 5.27. The van der Waals surface area contributed by atoms with Crippen LogP contribution in [-0.4, -0.2) is 36.4 Å². The molecule has 0 radical (unpaired) electrons. The van der Waals surface area contributed by atoms with Crippen LogP contribution in [0.5, 0.6) is 5.75 Å². The van der Waals surface area contributed by atoms with Gasteiger partial charge in [-0.2, -0.15) is 0 Å². The van der Waals surface area contributed by atoms with E-state index >= 15 is 0 Å². The monoisotopic (exact) mass is 318 g/mol. The lowest BCUT2D eigenvalue weighted by Crippen LogP contribution is -2.38. The van der Waals surface area contributed by atoms with E-state index < -0.39 is 5.41 Å². The number of benzene rings is 1. The van der Waals surface area contributed by atoms with Gasteiger partial charge in [-0.25, -0.2) is 0 Å². The average molecular weight is 318 g/mol. The zero-order chi connectivity index (χ0) is 16.9. The molecular weight excluding hydrogens is 292 g/mol. The Morgan fingerprint density at radius 1 is 1.09 bits per heavy atom. The molecule has 0 spiro atoms. The highest BCUT2D eigenvalue weighted by Gasteiger charge is 2.21. The summed E-state index contributed by atoms with van der Waals surface area (Å²) >= 11 is 0. The summed E-state index contributed by atoms with van der Waals surface area (Å²) in [6, 6.07) is 7.10. The zero-order valence-electron chi connectivity index (χ0n) is 14.2. The highest BCUT2D eigenvalue weighted by atomic mass is 16.5. The number of hydrogen-bond acceptors (Lipinski definition) is 3. The maximum Gasteiger partial charge on any atom is 0.260 e. The third-order valence-electron chi connectivity index (χ3n) is 3.86. The quantitative estimate of drug-likeness (QED) is 0.928. The Morgan fingerprint density at radius 3 is 2.26 bits per heavy atom. The first-order valence-electron chi connectivity index (χ1n) is 8.18. The fourth-order valence-corrected chi connectivity index (χ4v) is 2.33. The van der Waals surface area contributed by atoms with Crippen molar-refractivity contribution in [1.82, 2.24) is 4.90 Å². The van der Waals surface area contributed by atoms with Crippen LogP contribution in [0.2, 0.25) is 0 Å². The van der Waals surface area contributed by atoms with E-state index in [1.165, 1.54) is 6.42 Å². The van der Waals surface area contributed by atoms with E-state index in [1.54, 1.807) is 24.3 Å². The van der Waals surface area contributed by atoms with Crippen molar-refractivity contribution in [2.24, 2.45) is 5.41 Å². The Labute approximate surface area is 138 Å². The molecule has 1 heterocycles. The van der Waals surface area contributed by atoms with E-state index in [1.807, 2.05) is 25.7 Å². The molecule has 0 saturated carbocycles. The topological polar surface area (TPSA) is 58.6 Å². The standard InChI is InChI=1S/C18H26N2O3/c1-18(2,3)17(22)19-14-7-9-15(10-8-14)23-13-16(21)20-11-5-4-6-12-20/h7-10H,4-6,11-13H2,1-3H3,(H,19,22). The van der Waals surface area contributed by atoms with E-state index in [2.05, 4.69) is 5.32 Å². The van der Waals surface area contributed by atoms with E-state index in [9.17, 15) is 9.59 Å². The van der Waals surface area contributed by atoms with Crippen LogP contribution < -0.4 is 10.1 Å². The van der Waals surface area contributed by atoms with Gasteiger partial charge >= 0.3 is 0 Å². The molecule has 0 aliphatic carbocycles. The van der Waals surface area contributed by atoms with E-state index in [0.717, 1.165) is 31.6 Å². The summed E-state index contributed by atoms with van der Waals surface area (Å²) in [6.07, 6.45) is 3.36. The van der Waals surface area contributed by atoms with Crippen LogP contribution in [0.15, 0.2) is 24.3 Å². The molecule has 0 aromatic heterocycles. The Bertz CT molecular complexity index is 540. The number of ether oxygens (including phenoxy) is 1. The third-order valence-corrected chi connectivity index (χ3v) is 3.86. The van der Waals surface area contributed by atoms with Crippen molar-refractivity contribution in [3.05, 3.63) is 24.3 Å². The molecule has 2 amide bonds. The zero-order valence-corrected chi connectivity index (χ0v) is 14.2. The molecule has 5 heteroatoms. The predicted octanol–water partition coefficient (Wildman–Crippen LogP) is 3.06. The summed E-state index contributed by atoms with van der Waals surface area (Å²) in [4.78, 5) is 25.8. The highest BCUT2D eigenvalue weighted by molar-refractivity contribution is 5.94. The first-order chi connectivity index (χ1) is 10.9. The molecule has 1 fully saturated rings. The average Bonchev–Trinajstić information content (AvgIpc) is 2.54. The fourth-order valence-electron chi connectivity index (χ4n) is 2.33. The lowest BCUT2D eigenvalue weighted by Gasteiger charge is -2.26. The fraction of sp³-hybridized carbons (Fsp3) is 0.556. The van der Waals surface area contributed by atoms with Crippen LogP contribution in [0.1, 0.15) is 40.0 Å². The van der Waals surface area contributed by atoms with Gasteiger partial charge in [-0.3, -0.25) is 9.59 Å². The second-order valence-corrected chi connectivity index (χ2v) is 6.96. The number of anilines is 1. The number of nitrogens with zero attached hydrogens (tertiary/aromatic N) is 1. The minimum absolute atomic E-state index is 0.0357. The van der Waals surface area contributed by atoms with Crippen molar-refractivity contribution in [2.45, 2.75) is 40.0 Å². The minimum Gasteiger partial charge on any atom is -0.484 e. The Hall–Kier alpha value is -2.04. The molecule has 5 nitrogen and oxygen atoms in total. The molecule has 1 aromatic carbocycles. The number of piperidine rings is 1. The molecular formula is C18H26N2O3. The van der Waals surface area contributed by atoms with Gasteiger partial charge in [0.25, 0.3) is 5.91 Å². The smallest absolute Gasteiger partial charge is 0.260 e. The van der Waals surface area contributed by atoms with Crippen LogP contribution in [0.3, 0.4) is 0 Å². The van der Waals surface area contributed by atoms with E-state index in [0.29, 0.717) is 5.75 Å². The number of amides is 2. The summed E-state index contributed by atoms with van der Waals surface area (Å²) in [6.45, 7) is 7.33. The van der Waals surface area contributed by atoms with Gasteiger partial charge in [-0.15, -0.1) is 0 Å². The van der Waals surface area contributed by atoms with Gasteiger partial charge < -0.3 is 15.0 Å². The number of likely N-dealkylation sites (tertiary alicyclic amines) is 1. The van der Waals surface area contributed by atoms with Gasteiger partial charge in [0.2, 0.25) is 5.91 Å². The Morgan fingerprint density at radius 2 is 1.70 bits per heavy atom. The maximum atomic E-state index is 12.0. The van der Waals surface area contributed by atoms with Crippen molar-refractivity contribution >= 4 is 17.5 Å².